The van der Waals surface area contributed by atoms with Gasteiger partial charge >= 0.3 is 0 Å². The fourth-order valence-corrected chi connectivity index (χ4v) is 3.19. The maximum Gasteiger partial charge on any atom is 0.240 e. The molecule has 1 fully saturated rings. The summed E-state index contributed by atoms with van der Waals surface area (Å²) in [5.41, 5.74) is -0.886. The highest BCUT2D eigenvalue weighted by Gasteiger charge is 2.37. The van der Waals surface area contributed by atoms with Crippen LogP contribution in [0.2, 0.25) is 0 Å². The Morgan fingerprint density at radius 2 is 1.90 bits per heavy atom. The number of aliphatic hydroxyl groups excluding tert-OH is 1. The van der Waals surface area contributed by atoms with Crippen LogP contribution < -0.4 is 5.32 Å². The molecule has 2 unspecified atom stereocenters. The molecule has 0 heterocycles. The summed E-state index contributed by atoms with van der Waals surface area (Å²) in [5.74, 6) is -0.00572. The Bertz CT molecular complexity index is 343. The molecule has 2 atom stereocenters. The molecular formula is C16H28N2O2. The van der Waals surface area contributed by atoms with Crippen molar-refractivity contribution in [3.8, 4) is 6.07 Å². The lowest BCUT2D eigenvalue weighted by molar-refractivity contribution is -0.129. The van der Waals surface area contributed by atoms with Gasteiger partial charge in [-0.1, -0.05) is 39.5 Å². The van der Waals surface area contributed by atoms with Crippen LogP contribution >= 0.6 is 0 Å². The molecule has 1 aliphatic rings. The molecule has 4 nitrogen and oxygen atoms in total. The molecule has 0 aromatic carbocycles. The summed E-state index contributed by atoms with van der Waals surface area (Å²) in [7, 11) is 0. The van der Waals surface area contributed by atoms with Crippen LogP contribution in [-0.4, -0.2) is 23.7 Å². The molecule has 0 spiro atoms. The van der Waals surface area contributed by atoms with Crippen LogP contribution in [0, 0.1) is 22.7 Å². The van der Waals surface area contributed by atoms with Crippen molar-refractivity contribution >= 4 is 5.91 Å². The topological polar surface area (TPSA) is 73.1 Å². The lowest BCUT2D eigenvalue weighted by Crippen LogP contribution is -2.44. The third-order valence-corrected chi connectivity index (χ3v) is 4.40. The first-order valence-corrected chi connectivity index (χ1v) is 7.97. The van der Waals surface area contributed by atoms with Crippen LogP contribution in [0.3, 0.4) is 0 Å². The van der Waals surface area contributed by atoms with E-state index < -0.39 is 5.41 Å². The van der Waals surface area contributed by atoms with Gasteiger partial charge in [-0.3, -0.25) is 4.79 Å². The van der Waals surface area contributed by atoms with E-state index in [0.29, 0.717) is 19.4 Å². The first-order chi connectivity index (χ1) is 9.59. The number of aliphatic hydroxyl groups is 1. The maximum absolute atomic E-state index is 12.4. The van der Waals surface area contributed by atoms with Gasteiger partial charge in [0.2, 0.25) is 5.91 Å². The lowest BCUT2D eigenvalue weighted by atomic mass is 9.79. The van der Waals surface area contributed by atoms with Crippen LogP contribution in [0.4, 0.5) is 0 Å². The van der Waals surface area contributed by atoms with E-state index in [0.717, 1.165) is 38.5 Å². The third kappa shape index (κ3) is 4.21. The van der Waals surface area contributed by atoms with E-state index in [1.165, 1.54) is 0 Å². The van der Waals surface area contributed by atoms with Crippen LogP contribution in [0.1, 0.15) is 65.2 Å². The molecule has 4 heteroatoms. The van der Waals surface area contributed by atoms with Gasteiger partial charge in [-0.2, -0.15) is 5.26 Å². The Kier molecular flexibility index (Phi) is 7.01. The lowest BCUT2D eigenvalue weighted by Gasteiger charge is -2.30. The van der Waals surface area contributed by atoms with E-state index in [2.05, 4.69) is 11.4 Å². The second kappa shape index (κ2) is 8.26. The predicted molar refractivity (Wildman–Crippen MR) is 78.8 cm³/mol. The molecule has 20 heavy (non-hydrogen) atoms. The number of hydrogen-bond donors (Lipinski definition) is 2. The number of rotatable bonds is 7. The first kappa shape index (κ1) is 17.0. The van der Waals surface area contributed by atoms with Crippen molar-refractivity contribution < 1.29 is 9.90 Å². The summed E-state index contributed by atoms with van der Waals surface area (Å²) >= 11 is 0. The molecule has 0 aromatic heterocycles. The van der Waals surface area contributed by atoms with E-state index in [1.807, 2.05) is 13.8 Å². The molecule has 114 valence electrons. The van der Waals surface area contributed by atoms with Crippen molar-refractivity contribution in [1.82, 2.24) is 5.32 Å². The van der Waals surface area contributed by atoms with Crippen molar-refractivity contribution in [3.63, 3.8) is 0 Å². The minimum atomic E-state index is -0.886. The van der Waals surface area contributed by atoms with Gasteiger partial charge in [0, 0.05) is 12.5 Å². The zero-order chi connectivity index (χ0) is 15.0. The summed E-state index contributed by atoms with van der Waals surface area (Å²) in [4.78, 5) is 12.4. The van der Waals surface area contributed by atoms with Crippen molar-refractivity contribution in [2.24, 2.45) is 11.3 Å². The number of carbonyl (C=O) groups excluding carboxylic acids is 1. The highest BCUT2D eigenvalue weighted by atomic mass is 16.3. The molecule has 0 aliphatic heterocycles. The summed E-state index contributed by atoms with van der Waals surface area (Å²) < 4.78 is 0. The first-order valence-electron chi connectivity index (χ1n) is 7.97. The normalized spacial score (nSPS) is 23.1. The molecule has 0 saturated heterocycles. The van der Waals surface area contributed by atoms with Crippen molar-refractivity contribution in [3.05, 3.63) is 0 Å². The van der Waals surface area contributed by atoms with E-state index >= 15 is 0 Å². The summed E-state index contributed by atoms with van der Waals surface area (Å²) in [6.45, 7) is 4.50. The van der Waals surface area contributed by atoms with Crippen LogP contribution in [0.25, 0.3) is 0 Å². The molecule has 2 N–H and O–H groups in total. The zero-order valence-corrected chi connectivity index (χ0v) is 12.8. The second-order valence-corrected chi connectivity index (χ2v) is 6.02. The Labute approximate surface area is 122 Å². The van der Waals surface area contributed by atoms with Gasteiger partial charge in [0.05, 0.1) is 12.2 Å². The van der Waals surface area contributed by atoms with E-state index in [1.54, 1.807) is 0 Å². The van der Waals surface area contributed by atoms with Crippen molar-refractivity contribution in [2.75, 3.05) is 6.54 Å². The molecule has 0 bridgehead atoms. The van der Waals surface area contributed by atoms with Crippen LogP contribution in [0.5, 0.6) is 0 Å². The third-order valence-electron chi connectivity index (χ3n) is 4.40. The number of nitriles is 1. The average molecular weight is 280 g/mol. The SMILES string of the molecule is CCCC(C#N)(CCC)C(=O)NCC1CCCCC1O. The largest absolute Gasteiger partial charge is 0.393 e. The van der Waals surface area contributed by atoms with Gasteiger partial charge in [-0.05, 0) is 25.7 Å². The molecule has 1 amide bonds. The Balaban J connectivity index is 2.59. The van der Waals surface area contributed by atoms with Crippen LogP contribution in [0.15, 0.2) is 0 Å². The quantitative estimate of drug-likeness (QED) is 0.753. The molecular weight excluding hydrogens is 252 g/mol. The van der Waals surface area contributed by atoms with Gasteiger partial charge in [0.15, 0.2) is 0 Å². The smallest absolute Gasteiger partial charge is 0.240 e. The highest BCUT2D eigenvalue weighted by molar-refractivity contribution is 5.85. The molecule has 1 saturated carbocycles. The monoisotopic (exact) mass is 280 g/mol. The Morgan fingerprint density at radius 3 is 2.40 bits per heavy atom. The fourth-order valence-electron chi connectivity index (χ4n) is 3.19. The Hall–Kier alpha value is -1.08. The summed E-state index contributed by atoms with van der Waals surface area (Å²) in [6.07, 6.45) is 6.53. The molecule has 1 aliphatic carbocycles. The predicted octanol–water partition coefficient (Wildman–Crippen LogP) is 2.76. The van der Waals surface area contributed by atoms with E-state index in [9.17, 15) is 15.2 Å². The molecule has 0 radical (unpaired) electrons. The second-order valence-electron chi connectivity index (χ2n) is 6.02. The van der Waals surface area contributed by atoms with E-state index in [-0.39, 0.29) is 17.9 Å². The van der Waals surface area contributed by atoms with Gasteiger partial charge in [-0.25, -0.2) is 0 Å². The van der Waals surface area contributed by atoms with Gasteiger partial charge < -0.3 is 10.4 Å². The summed E-state index contributed by atoms with van der Waals surface area (Å²) in [6, 6.07) is 2.24. The minimum Gasteiger partial charge on any atom is -0.393 e. The van der Waals surface area contributed by atoms with Crippen molar-refractivity contribution in [1.29, 1.82) is 5.26 Å². The van der Waals surface area contributed by atoms with Gasteiger partial charge in [0.25, 0.3) is 0 Å². The number of nitrogens with zero attached hydrogens (tertiary/aromatic N) is 1. The van der Waals surface area contributed by atoms with E-state index in [4.69, 9.17) is 0 Å². The zero-order valence-electron chi connectivity index (χ0n) is 12.8. The molecule has 1 rings (SSSR count). The fraction of sp³-hybridized carbons (Fsp3) is 0.875. The minimum absolute atomic E-state index is 0.146. The maximum atomic E-state index is 12.4. The highest BCUT2D eigenvalue weighted by Crippen LogP contribution is 2.30. The number of amides is 1. The van der Waals surface area contributed by atoms with Gasteiger partial charge in [-0.15, -0.1) is 0 Å². The van der Waals surface area contributed by atoms with Crippen LogP contribution in [-0.2, 0) is 4.79 Å². The standard InChI is InChI=1S/C16H28N2O2/c1-3-9-16(12-17,10-4-2)15(20)18-11-13-7-5-6-8-14(13)19/h13-14,19H,3-11H2,1-2H3,(H,18,20). The van der Waals surface area contributed by atoms with Gasteiger partial charge in [0.1, 0.15) is 5.41 Å². The Morgan fingerprint density at radius 1 is 1.30 bits per heavy atom. The number of carbonyl (C=O) groups is 1. The van der Waals surface area contributed by atoms with Crippen molar-refractivity contribution in [2.45, 2.75) is 71.3 Å². The summed E-state index contributed by atoms with van der Waals surface area (Å²) in [5, 5.41) is 22.3. The average Bonchev–Trinajstić information content (AvgIpc) is 2.45. The number of nitrogens with one attached hydrogen (secondary N) is 1. The molecule has 0 aromatic rings. The number of hydrogen-bond acceptors (Lipinski definition) is 3.